The molecule has 0 fully saturated rings. The van der Waals surface area contributed by atoms with Crippen LogP contribution < -0.4 is 15.4 Å². The van der Waals surface area contributed by atoms with E-state index in [2.05, 4.69) is 31.0 Å². The summed E-state index contributed by atoms with van der Waals surface area (Å²) >= 11 is 0. The van der Waals surface area contributed by atoms with Gasteiger partial charge in [0.15, 0.2) is 0 Å². The molecule has 2 heterocycles. The van der Waals surface area contributed by atoms with E-state index >= 15 is 0 Å². The molecule has 1 aromatic rings. The van der Waals surface area contributed by atoms with Gasteiger partial charge in [-0.2, -0.15) is 0 Å². The number of fused-ring (bicyclic) bond motifs is 3. The van der Waals surface area contributed by atoms with Crippen molar-refractivity contribution in [3.8, 4) is 5.75 Å². The Morgan fingerprint density at radius 3 is 2.95 bits per heavy atom. The Balaban J connectivity index is 2.08. The molecule has 0 saturated carbocycles. The van der Waals surface area contributed by atoms with Crippen LogP contribution in [0.15, 0.2) is 12.1 Å². The lowest BCUT2D eigenvalue weighted by Gasteiger charge is -2.24. The molecule has 0 amide bonds. The lowest BCUT2D eigenvalue weighted by molar-refractivity contribution is 0.0449. The van der Waals surface area contributed by atoms with Gasteiger partial charge in [-0.05, 0) is 24.5 Å². The van der Waals surface area contributed by atoms with Crippen molar-refractivity contribution >= 4 is 5.69 Å². The molecule has 4 nitrogen and oxygen atoms in total. The predicted molar refractivity (Wildman–Crippen MR) is 75.8 cm³/mol. The van der Waals surface area contributed by atoms with Gasteiger partial charge >= 0.3 is 0 Å². The Hall–Kier alpha value is -1.26. The van der Waals surface area contributed by atoms with Gasteiger partial charge in [0.05, 0.1) is 11.3 Å². The van der Waals surface area contributed by atoms with Crippen LogP contribution in [0.25, 0.3) is 0 Å². The van der Waals surface area contributed by atoms with E-state index in [1.54, 1.807) is 0 Å². The minimum Gasteiger partial charge on any atom is -0.488 e. The number of anilines is 1. The number of nitrogens with zero attached hydrogens (tertiary/aromatic N) is 1. The summed E-state index contributed by atoms with van der Waals surface area (Å²) in [5, 5.41) is 10.5. The fourth-order valence-corrected chi connectivity index (χ4v) is 3.16. The molecule has 2 unspecified atom stereocenters. The first-order valence-corrected chi connectivity index (χ1v) is 6.97. The van der Waals surface area contributed by atoms with Crippen LogP contribution in [0.1, 0.15) is 24.5 Å². The van der Waals surface area contributed by atoms with E-state index in [0.717, 1.165) is 30.0 Å². The highest BCUT2D eigenvalue weighted by Gasteiger charge is 2.34. The van der Waals surface area contributed by atoms with Crippen molar-refractivity contribution in [1.29, 1.82) is 0 Å². The van der Waals surface area contributed by atoms with Crippen LogP contribution in [0.4, 0.5) is 5.69 Å². The van der Waals surface area contributed by atoms with Gasteiger partial charge in [-0.25, -0.2) is 0 Å². The molecule has 0 aromatic heterocycles. The van der Waals surface area contributed by atoms with Crippen molar-refractivity contribution in [3.63, 3.8) is 0 Å². The predicted octanol–water partition coefficient (Wildman–Crippen LogP) is 1.08. The normalized spacial score (nSPS) is 29.5. The fourth-order valence-electron chi connectivity index (χ4n) is 3.16. The quantitative estimate of drug-likeness (QED) is 0.795. The third kappa shape index (κ3) is 2.09. The van der Waals surface area contributed by atoms with E-state index in [9.17, 15) is 5.11 Å². The van der Waals surface area contributed by atoms with Crippen molar-refractivity contribution in [3.05, 3.63) is 23.3 Å². The summed E-state index contributed by atoms with van der Waals surface area (Å²) in [6, 6.07) is 4.26. The van der Waals surface area contributed by atoms with E-state index in [-0.39, 0.29) is 6.10 Å². The van der Waals surface area contributed by atoms with Gasteiger partial charge in [-0.1, -0.05) is 12.1 Å². The van der Waals surface area contributed by atoms with Crippen LogP contribution in [0, 0.1) is 0 Å². The summed E-state index contributed by atoms with van der Waals surface area (Å²) in [6.07, 6.45) is 2.51. The molecule has 0 aliphatic carbocycles. The molecule has 0 bridgehead atoms. The Labute approximate surface area is 114 Å². The molecule has 19 heavy (non-hydrogen) atoms. The molecule has 104 valence electrons. The monoisotopic (exact) mass is 262 g/mol. The second kappa shape index (κ2) is 4.39. The van der Waals surface area contributed by atoms with Crippen LogP contribution in [0.3, 0.4) is 0 Å². The highest BCUT2D eigenvalue weighted by Crippen LogP contribution is 2.43. The zero-order valence-corrected chi connectivity index (χ0v) is 11.6. The van der Waals surface area contributed by atoms with E-state index < -0.39 is 5.60 Å². The zero-order chi connectivity index (χ0) is 13.6. The number of benzene rings is 1. The molecule has 0 radical (unpaired) electrons. The minimum atomic E-state index is -0.794. The Kier molecular flexibility index (Phi) is 2.95. The lowest BCUT2D eigenvalue weighted by atomic mass is 9.91. The van der Waals surface area contributed by atoms with Crippen LogP contribution in [0.2, 0.25) is 0 Å². The fraction of sp³-hybridized carbons (Fsp3) is 0.600. The second-order valence-corrected chi connectivity index (χ2v) is 5.97. The summed E-state index contributed by atoms with van der Waals surface area (Å²) in [4.78, 5) is 2.19. The number of nitrogens with two attached hydrogens (primary N) is 1. The molecular weight excluding hydrogens is 240 g/mol. The summed E-state index contributed by atoms with van der Waals surface area (Å²) in [6.45, 7) is 3.20. The van der Waals surface area contributed by atoms with Crippen molar-refractivity contribution in [2.75, 3.05) is 25.0 Å². The van der Waals surface area contributed by atoms with Crippen molar-refractivity contribution in [1.82, 2.24) is 0 Å². The maximum Gasteiger partial charge on any atom is 0.146 e. The smallest absolute Gasteiger partial charge is 0.146 e. The molecule has 2 aliphatic heterocycles. The first kappa shape index (κ1) is 12.8. The summed E-state index contributed by atoms with van der Waals surface area (Å²) in [5.74, 6) is 1.01. The van der Waals surface area contributed by atoms with Gasteiger partial charge in [0.1, 0.15) is 11.9 Å². The van der Waals surface area contributed by atoms with E-state index in [0.29, 0.717) is 19.4 Å². The highest BCUT2D eigenvalue weighted by atomic mass is 16.5. The van der Waals surface area contributed by atoms with Crippen molar-refractivity contribution < 1.29 is 9.84 Å². The first-order valence-electron chi connectivity index (χ1n) is 6.97. The highest BCUT2D eigenvalue weighted by molar-refractivity contribution is 5.68. The first-order chi connectivity index (χ1) is 9.02. The van der Waals surface area contributed by atoms with Crippen LogP contribution in [-0.2, 0) is 12.8 Å². The number of hydrogen-bond donors (Lipinski definition) is 2. The minimum absolute atomic E-state index is 0.242. The van der Waals surface area contributed by atoms with Crippen LogP contribution in [-0.4, -0.2) is 36.9 Å². The average molecular weight is 262 g/mol. The summed E-state index contributed by atoms with van der Waals surface area (Å²) in [7, 11) is 2.06. The van der Waals surface area contributed by atoms with Gasteiger partial charge in [0.2, 0.25) is 0 Å². The van der Waals surface area contributed by atoms with E-state index in [1.807, 2.05) is 0 Å². The van der Waals surface area contributed by atoms with Crippen LogP contribution >= 0.6 is 0 Å². The molecule has 2 atom stereocenters. The summed E-state index contributed by atoms with van der Waals surface area (Å²) < 4.78 is 5.98. The third-order valence-electron chi connectivity index (χ3n) is 4.32. The topological polar surface area (TPSA) is 58.7 Å². The van der Waals surface area contributed by atoms with Gasteiger partial charge in [0.25, 0.3) is 0 Å². The second-order valence-electron chi connectivity index (χ2n) is 5.97. The van der Waals surface area contributed by atoms with Gasteiger partial charge in [0, 0.05) is 33.0 Å². The number of aliphatic hydroxyl groups is 1. The molecule has 0 spiro atoms. The van der Waals surface area contributed by atoms with Crippen LogP contribution in [0.5, 0.6) is 5.75 Å². The maximum absolute atomic E-state index is 10.5. The molecule has 2 aliphatic rings. The zero-order valence-electron chi connectivity index (χ0n) is 11.6. The van der Waals surface area contributed by atoms with Gasteiger partial charge in [-0.15, -0.1) is 0 Å². The van der Waals surface area contributed by atoms with Gasteiger partial charge in [-0.3, -0.25) is 0 Å². The Morgan fingerprint density at radius 2 is 2.21 bits per heavy atom. The average Bonchev–Trinajstić information content (AvgIpc) is 2.70. The van der Waals surface area contributed by atoms with Gasteiger partial charge < -0.3 is 20.5 Å². The molecule has 3 N–H and O–H groups in total. The molecular formula is C15H22N2O2. The molecule has 3 rings (SSSR count). The number of ether oxygens (including phenoxy) is 1. The molecule has 1 aromatic carbocycles. The van der Waals surface area contributed by atoms with Crippen molar-refractivity contribution in [2.45, 2.75) is 37.9 Å². The Bertz CT molecular complexity index is 503. The number of hydrogen-bond acceptors (Lipinski definition) is 4. The SMILES string of the molecule is CC1Cc2ccc3c(c2O1)N(C)CCC(O)(CN)C3. The van der Waals surface area contributed by atoms with E-state index in [4.69, 9.17) is 10.5 Å². The largest absolute Gasteiger partial charge is 0.488 e. The standard InChI is InChI=1S/C15H22N2O2/c1-10-7-11-3-4-12-8-15(18,9-16)5-6-17(2)13(12)14(11)19-10/h3-4,10,18H,5-9,16H2,1-2H3. The lowest BCUT2D eigenvalue weighted by Crippen LogP contribution is -2.40. The third-order valence-corrected chi connectivity index (χ3v) is 4.32. The maximum atomic E-state index is 10.5. The number of rotatable bonds is 1. The van der Waals surface area contributed by atoms with E-state index in [1.165, 1.54) is 5.56 Å². The molecule has 4 heteroatoms. The Morgan fingerprint density at radius 1 is 1.47 bits per heavy atom. The molecule has 0 saturated heterocycles. The van der Waals surface area contributed by atoms with Crippen molar-refractivity contribution in [2.24, 2.45) is 5.73 Å². The summed E-state index contributed by atoms with van der Waals surface area (Å²) in [5.41, 5.74) is 8.51.